The lowest BCUT2D eigenvalue weighted by Crippen LogP contribution is -2.53. The van der Waals surface area contributed by atoms with Crippen LogP contribution in [0.15, 0.2) is 36.5 Å². The van der Waals surface area contributed by atoms with Gasteiger partial charge < -0.3 is 10.2 Å². The first-order valence-corrected chi connectivity index (χ1v) is 11.0. The maximum atomic E-state index is 13.6. The summed E-state index contributed by atoms with van der Waals surface area (Å²) >= 11 is 0. The van der Waals surface area contributed by atoms with Crippen LogP contribution in [0.25, 0.3) is 0 Å². The van der Waals surface area contributed by atoms with Gasteiger partial charge in [-0.15, -0.1) is 0 Å². The monoisotopic (exact) mass is 396 g/mol. The molecule has 0 bridgehead atoms. The molecule has 1 fully saturated rings. The number of benzene rings is 1. The third-order valence-electron chi connectivity index (χ3n) is 6.83. The number of ketones is 1. The standard InChI is InChI=1S/C25H36N2O2/c1-6-25(4,5)16-17(2)26-23(21-14-19-10-7-8-11-20(19)15-21)24(29)27-13-9-12-22(27)18(3)28/h7-8,10-11,21-23,26H,2,6,9,12-16H2,1,3-5H3. The molecule has 0 radical (unpaired) electrons. The highest BCUT2D eigenvalue weighted by Crippen LogP contribution is 2.33. The highest BCUT2D eigenvalue weighted by atomic mass is 16.2. The summed E-state index contributed by atoms with van der Waals surface area (Å²) in [7, 11) is 0. The molecule has 4 nitrogen and oxygen atoms in total. The third-order valence-corrected chi connectivity index (χ3v) is 6.83. The number of Topliss-reactive ketones (excluding diaryl/α,β-unsaturated/α-hetero) is 1. The predicted octanol–water partition coefficient (Wildman–Crippen LogP) is 4.28. The number of carbonyl (C=O) groups excluding carboxylic acids is 2. The number of nitrogens with one attached hydrogen (secondary N) is 1. The highest BCUT2D eigenvalue weighted by Gasteiger charge is 2.40. The zero-order valence-electron chi connectivity index (χ0n) is 18.5. The lowest BCUT2D eigenvalue weighted by molar-refractivity contribution is -0.139. The summed E-state index contributed by atoms with van der Waals surface area (Å²) in [6.07, 6.45) is 5.36. The quantitative estimate of drug-likeness (QED) is 0.713. The first-order chi connectivity index (χ1) is 13.7. The van der Waals surface area contributed by atoms with Crippen LogP contribution in [0.1, 0.15) is 64.5 Å². The number of nitrogens with zero attached hydrogens (tertiary/aromatic N) is 1. The largest absolute Gasteiger partial charge is 0.377 e. The summed E-state index contributed by atoms with van der Waals surface area (Å²) in [6, 6.07) is 7.87. The first-order valence-electron chi connectivity index (χ1n) is 11.0. The molecule has 1 heterocycles. The van der Waals surface area contributed by atoms with Crippen molar-refractivity contribution in [2.24, 2.45) is 11.3 Å². The molecule has 1 N–H and O–H groups in total. The van der Waals surface area contributed by atoms with E-state index >= 15 is 0 Å². The molecule has 3 rings (SSSR count). The summed E-state index contributed by atoms with van der Waals surface area (Å²) in [6.45, 7) is 13.2. The fraction of sp³-hybridized carbons (Fsp3) is 0.600. The normalized spacial score (nSPS) is 20.4. The molecule has 0 spiro atoms. The zero-order chi connectivity index (χ0) is 21.2. The molecule has 2 unspecified atom stereocenters. The number of hydrogen-bond donors (Lipinski definition) is 1. The minimum Gasteiger partial charge on any atom is -0.377 e. The minimum absolute atomic E-state index is 0.0657. The van der Waals surface area contributed by atoms with Crippen molar-refractivity contribution < 1.29 is 9.59 Å². The average molecular weight is 397 g/mol. The number of carbonyl (C=O) groups is 2. The zero-order valence-corrected chi connectivity index (χ0v) is 18.5. The van der Waals surface area contributed by atoms with Crippen LogP contribution in [-0.2, 0) is 22.4 Å². The Balaban J connectivity index is 1.81. The minimum atomic E-state index is -0.331. The van der Waals surface area contributed by atoms with Crippen LogP contribution in [0, 0.1) is 11.3 Å². The average Bonchev–Trinajstić information content (AvgIpc) is 3.32. The number of rotatable bonds is 8. The third kappa shape index (κ3) is 4.91. The van der Waals surface area contributed by atoms with E-state index in [9.17, 15) is 9.59 Å². The molecule has 0 saturated carbocycles. The molecule has 29 heavy (non-hydrogen) atoms. The number of hydrogen-bond acceptors (Lipinski definition) is 3. The van der Waals surface area contributed by atoms with Gasteiger partial charge in [0.15, 0.2) is 5.78 Å². The Morgan fingerprint density at radius 1 is 1.24 bits per heavy atom. The van der Waals surface area contributed by atoms with Gasteiger partial charge in [0.1, 0.15) is 6.04 Å². The van der Waals surface area contributed by atoms with Crippen molar-refractivity contribution in [1.29, 1.82) is 0 Å². The number of fused-ring (bicyclic) bond motifs is 1. The molecule has 1 aliphatic heterocycles. The van der Waals surface area contributed by atoms with E-state index in [1.54, 1.807) is 6.92 Å². The second-order valence-corrected chi connectivity index (χ2v) is 9.66. The van der Waals surface area contributed by atoms with E-state index in [2.05, 4.69) is 56.9 Å². The summed E-state index contributed by atoms with van der Waals surface area (Å²) in [5.41, 5.74) is 3.73. The van der Waals surface area contributed by atoms with Crippen molar-refractivity contribution in [3.63, 3.8) is 0 Å². The van der Waals surface area contributed by atoms with Crippen LogP contribution in [0.2, 0.25) is 0 Å². The van der Waals surface area contributed by atoms with Crippen molar-refractivity contribution >= 4 is 11.7 Å². The van der Waals surface area contributed by atoms with Crippen molar-refractivity contribution in [2.45, 2.75) is 78.3 Å². The number of allylic oxidation sites excluding steroid dienone is 1. The summed E-state index contributed by atoms with van der Waals surface area (Å²) in [5.74, 6) is 0.348. The molecular formula is C25H36N2O2. The second-order valence-electron chi connectivity index (χ2n) is 9.66. The van der Waals surface area contributed by atoms with Crippen LogP contribution in [-0.4, -0.2) is 35.2 Å². The van der Waals surface area contributed by atoms with Gasteiger partial charge in [0.25, 0.3) is 0 Å². The Labute approximate surface area is 175 Å². The van der Waals surface area contributed by atoms with E-state index in [0.29, 0.717) is 6.54 Å². The molecule has 1 saturated heterocycles. The van der Waals surface area contributed by atoms with Gasteiger partial charge in [-0.25, -0.2) is 0 Å². The molecule has 1 aromatic rings. The van der Waals surface area contributed by atoms with Gasteiger partial charge in [-0.2, -0.15) is 0 Å². The van der Waals surface area contributed by atoms with Gasteiger partial charge in [-0.05, 0) is 61.5 Å². The Morgan fingerprint density at radius 3 is 2.41 bits per heavy atom. The lowest BCUT2D eigenvalue weighted by atomic mass is 9.85. The molecular weight excluding hydrogens is 360 g/mol. The molecule has 1 amide bonds. The van der Waals surface area contributed by atoms with Gasteiger partial charge in [-0.3, -0.25) is 9.59 Å². The van der Waals surface area contributed by atoms with Gasteiger partial charge in [0.2, 0.25) is 5.91 Å². The van der Waals surface area contributed by atoms with Gasteiger partial charge in [-0.1, -0.05) is 58.0 Å². The van der Waals surface area contributed by atoms with Crippen molar-refractivity contribution in [3.05, 3.63) is 47.7 Å². The predicted molar refractivity (Wildman–Crippen MR) is 118 cm³/mol. The Bertz CT molecular complexity index is 758. The first kappa shape index (κ1) is 21.6. The van der Waals surface area contributed by atoms with E-state index in [0.717, 1.165) is 44.2 Å². The molecule has 1 aliphatic carbocycles. The van der Waals surface area contributed by atoms with Crippen molar-refractivity contribution in [2.75, 3.05) is 6.54 Å². The maximum Gasteiger partial charge on any atom is 0.245 e. The van der Waals surface area contributed by atoms with E-state index in [-0.39, 0.29) is 35.1 Å². The molecule has 1 aromatic carbocycles. The van der Waals surface area contributed by atoms with Gasteiger partial charge >= 0.3 is 0 Å². The SMILES string of the molecule is C=C(CC(C)(C)CC)NC(C(=O)N1CCCC1C(C)=O)C1Cc2ccccc2C1. The fourth-order valence-electron chi connectivity index (χ4n) is 4.82. The summed E-state index contributed by atoms with van der Waals surface area (Å²) in [5, 5.41) is 3.52. The van der Waals surface area contributed by atoms with Crippen LogP contribution < -0.4 is 5.32 Å². The van der Waals surface area contributed by atoms with Crippen LogP contribution in [0.3, 0.4) is 0 Å². The number of likely N-dealkylation sites (tertiary alicyclic amines) is 1. The Hall–Kier alpha value is -2.10. The van der Waals surface area contributed by atoms with E-state index < -0.39 is 0 Å². The van der Waals surface area contributed by atoms with Crippen molar-refractivity contribution in [3.8, 4) is 0 Å². The smallest absolute Gasteiger partial charge is 0.245 e. The highest BCUT2D eigenvalue weighted by molar-refractivity contribution is 5.90. The maximum absolute atomic E-state index is 13.6. The number of amides is 1. The van der Waals surface area contributed by atoms with Gasteiger partial charge in [0.05, 0.1) is 6.04 Å². The van der Waals surface area contributed by atoms with Gasteiger partial charge in [0, 0.05) is 12.2 Å². The van der Waals surface area contributed by atoms with E-state index in [4.69, 9.17) is 0 Å². The molecule has 2 atom stereocenters. The van der Waals surface area contributed by atoms with E-state index in [1.807, 2.05) is 4.90 Å². The summed E-state index contributed by atoms with van der Waals surface area (Å²) < 4.78 is 0. The van der Waals surface area contributed by atoms with Crippen LogP contribution >= 0.6 is 0 Å². The molecule has 4 heteroatoms. The molecule has 0 aromatic heterocycles. The molecule has 158 valence electrons. The Morgan fingerprint density at radius 2 is 1.86 bits per heavy atom. The van der Waals surface area contributed by atoms with Crippen molar-refractivity contribution in [1.82, 2.24) is 10.2 Å². The Kier molecular flexibility index (Phi) is 6.50. The lowest BCUT2D eigenvalue weighted by Gasteiger charge is -2.33. The van der Waals surface area contributed by atoms with Crippen LogP contribution in [0.5, 0.6) is 0 Å². The van der Waals surface area contributed by atoms with E-state index in [1.165, 1.54) is 11.1 Å². The molecule has 2 aliphatic rings. The van der Waals surface area contributed by atoms with Crippen LogP contribution in [0.4, 0.5) is 0 Å². The summed E-state index contributed by atoms with van der Waals surface area (Å²) in [4.78, 5) is 27.6. The second kappa shape index (κ2) is 8.73. The fourth-order valence-corrected chi connectivity index (χ4v) is 4.82. The topological polar surface area (TPSA) is 49.4 Å².